The molecule has 25 heavy (non-hydrogen) atoms. The molecule has 0 spiro atoms. The molecule has 1 aromatic heterocycles. The van der Waals surface area contributed by atoms with Gasteiger partial charge in [-0.05, 0) is 11.6 Å². The number of hydrogen-bond acceptors (Lipinski definition) is 9. The molecule has 1 rings (SSSR count). The van der Waals surface area contributed by atoms with Crippen LogP contribution in [0, 0.1) is 6.33 Å². The van der Waals surface area contributed by atoms with Crippen LogP contribution in [0.3, 0.4) is 0 Å². The highest BCUT2D eigenvalue weighted by Crippen LogP contribution is 2.07. The summed E-state index contributed by atoms with van der Waals surface area (Å²) in [6.45, 7) is -0.0267. The van der Waals surface area contributed by atoms with E-state index >= 15 is 0 Å². The first kappa shape index (κ1) is 22.6. The lowest BCUT2D eigenvalue weighted by molar-refractivity contribution is 0.578. The fraction of sp³-hybridized carbons (Fsp3) is 0.727. The van der Waals surface area contributed by atoms with E-state index in [1.165, 1.54) is 5.01 Å². The minimum atomic E-state index is -3.37. The van der Waals surface area contributed by atoms with Gasteiger partial charge in [0.2, 0.25) is 17.6 Å². The van der Waals surface area contributed by atoms with Crippen LogP contribution >= 0.6 is 34.8 Å². The van der Waals surface area contributed by atoms with Crippen molar-refractivity contribution in [1.82, 2.24) is 20.4 Å². The van der Waals surface area contributed by atoms with E-state index in [0.717, 1.165) is 0 Å². The molecule has 0 saturated carbocycles. The monoisotopic (exact) mass is 452 g/mol. The highest BCUT2D eigenvalue weighted by Gasteiger charge is 2.17. The number of hydrogen-bond donors (Lipinski definition) is 1. The van der Waals surface area contributed by atoms with Crippen molar-refractivity contribution >= 4 is 60.4 Å². The van der Waals surface area contributed by atoms with Crippen LogP contribution in [-0.2, 0) is 19.7 Å². The van der Waals surface area contributed by atoms with Crippen molar-refractivity contribution in [2.24, 2.45) is 0 Å². The van der Waals surface area contributed by atoms with Crippen molar-refractivity contribution in [2.45, 2.75) is 0 Å². The van der Waals surface area contributed by atoms with E-state index < -0.39 is 19.7 Å². The second-order valence-corrected chi connectivity index (χ2v) is 10.4. The second kappa shape index (κ2) is 10.6. The lowest BCUT2D eigenvalue weighted by Crippen LogP contribution is -2.44. The van der Waals surface area contributed by atoms with Gasteiger partial charge in [0, 0.05) is 18.3 Å². The molecule has 14 heteroatoms. The van der Waals surface area contributed by atoms with Crippen LogP contribution in [0.4, 0.5) is 5.95 Å². The van der Waals surface area contributed by atoms with E-state index in [4.69, 9.17) is 34.8 Å². The van der Waals surface area contributed by atoms with Gasteiger partial charge in [-0.3, -0.25) is 5.01 Å². The van der Waals surface area contributed by atoms with Gasteiger partial charge >= 0.3 is 0 Å². The average Bonchev–Trinajstić information content (AvgIpc) is 2.50. The van der Waals surface area contributed by atoms with Crippen LogP contribution in [-0.4, -0.2) is 79.6 Å². The Kier molecular flexibility index (Phi) is 9.60. The molecule has 0 fully saturated rings. The summed E-state index contributed by atoms with van der Waals surface area (Å²) in [5.74, 6) is -0.728. The Morgan fingerprint density at radius 2 is 1.56 bits per heavy atom. The van der Waals surface area contributed by atoms with Crippen molar-refractivity contribution in [2.75, 3.05) is 52.9 Å². The summed E-state index contributed by atoms with van der Waals surface area (Å²) in [4.78, 5) is 11.2. The largest absolute Gasteiger partial charge is 0.275 e. The number of anilines is 1. The fourth-order valence-corrected chi connectivity index (χ4v) is 4.89. The molecule has 9 nitrogen and oxygen atoms in total. The molecule has 1 N–H and O–H groups in total. The van der Waals surface area contributed by atoms with Crippen molar-refractivity contribution in [3.63, 3.8) is 0 Å². The first-order valence-electron chi connectivity index (χ1n) is 7.00. The van der Waals surface area contributed by atoms with Gasteiger partial charge in [-0.25, -0.2) is 22.3 Å². The highest BCUT2D eigenvalue weighted by molar-refractivity contribution is 7.91. The van der Waals surface area contributed by atoms with Crippen LogP contribution in [0.2, 0.25) is 5.28 Å². The molecule has 0 atom stereocenters. The van der Waals surface area contributed by atoms with Gasteiger partial charge in [0.05, 0.1) is 29.6 Å². The van der Waals surface area contributed by atoms with Crippen molar-refractivity contribution < 1.29 is 16.8 Å². The highest BCUT2D eigenvalue weighted by atomic mass is 35.5. The Hall–Kier alpha value is -0.460. The van der Waals surface area contributed by atoms with E-state index in [2.05, 4.69) is 26.7 Å². The van der Waals surface area contributed by atoms with E-state index in [-0.39, 0.29) is 59.1 Å². The minimum absolute atomic E-state index is 0.000745. The SMILES string of the molecule is O=S(=O)(CCCl)CCNN(CCS(=O)(=O)CCCl)c1n[c]nc(Cl)n1. The zero-order chi connectivity index (χ0) is 18.9. The Balaban J connectivity index is 2.78. The maximum Gasteiger partial charge on any atom is 0.245 e. The number of hydrazine groups is 1. The predicted molar refractivity (Wildman–Crippen MR) is 97.8 cm³/mol. The van der Waals surface area contributed by atoms with Crippen LogP contribution in [0.1, 0.15) is 0 Å². The molecule has 0 unspecified atom stereocenters. The summed E-state index contributed by atoms with van der Waals surface area (Å²) in [6.07, 6.45) is 2.28. The Morgan fingerprint density at radius 1 is 0.960 bits per heavy atom. The fourth-order valence-electron chi connectivity index (χ4n) is 1.62. The Bertz CT molecular complexity index is 748. The first-order chi connectivity index (χ1) is 11.7. The summed E-state index contributed by atoms with van der Waals surface area (Å²) in [5.41, 5.74) is 2.77. The maximum absolute atomic E-state index is 11.8. The van der Waals surface area contributed by atoms with E-state index in [1.807, 2.05) is 0 Å². The van der Waals surface area contributed by atoms with Crippen molar-refractivity contribution in [3.8, 4) is 0 Å². The van der Waals surface area contributed by atoms with Gasteiger partial charge in [-0.1, -0.05) is 0 Å². The van der Waals surface area contributed by atoms with Crippen molar-refractivity contribution in [3.05, 3.63) is 11.6 Å². The number of rotatable bonds is 12. The van der Waals surface area contributed by atoms with E-state index in [1.54, 1.807) is 0 Å². The number of alkyl halides is 2. The molecular weight excluding hydrogens is 437 g/mol. The summed E-state index contributed by atoms with van der Waals surface area (Å²) in [6, 6.07) is 0. The van der Waals surface area contributed by atoms with Crippen LogP contribution in [0.5, 0.6) is 0 Å². The van der Waals surface area contributed by atoms with Gasteiger partial charge in [0.1, 0.15) is 0 Å². The van der Waals surface area contributed by atoms with Crippen LogP contribution in [0.15, 0.2) is 0 Å². The molecule has 0 saturated heterocycles. The second-order valence-electron chi connectivity index (χ2n) is 4.75. The van der Waals surface area contributed by atoms with Crippen LogP contribution < -0.4 is 10.4 Å². The van der Waals surface area contributed by atoms with Crippen molar-refractivity contribution in [1.29, 1.82) is 0 Å². The summed E-state index contributed by atoms with van der Waals surface area (Å²) in [5, 5.41) is 1.15. The third-order valence-corrected chi connectivity index (χ3v) is 7.12. The molecule has 0 aliphatic rings. The third-order valence-electron chi connectivity index (χ3n) is 2.84. The number of halogens is 3. The predicted octanol–water partition coefficient (Wildman–Crippen LogP) is -0.0566. The number of sulfone groups is 2. The van der Waals surface area contributed by atoms with Gasteiger partial charge in [-0.15, -0.1) is 23.2 Å². The molecule has 1 aromatic rings. The standard InChI is InChI=1S/C11H17Cl3N5O4S2/c12-1-5-24(20,21)7-3-17-19(4-8-25(22,23)6-2-13)11-16-9-15-10(14)18-11/h17H,1-8H2. The lowest BCUT2D eigenvalue weighted by Gasteiger charge is -2.23. The number of nitrogens with zero attached hydrogens (tertiary/aromatic N) is 4. The van der Waals surface area contributed by atoms with E-state index in [0.29, 0.717) is 0 Å². The Morgan fingerprint density at radius 3 is 2.12 bits per heavy atom. The quantitative estimate of drug-likeness (QED) is 0.342. The normalized spacial score (nSPS) is 12.3. The van der Waals surface area contributed by atoms with Gasteiger partial charge < -0.3 is 0 Å². The zero-order valence-electron chi connectivity index (χ0n) is 13.0. The first-order valence-corrected chi connectivity index (χ1v) is 12.1. The molecule has 0 aromatic carbocycles. The van der Waals surface area contributed by atoms with Gasteiger partial charge in [0.25, 0.3) is 0 Å². The van der Waals surface area contributed by atoms with Gasteiger partial charge in [-0.2, -0.15) is 15.0 Å². The molecule has 0 aliphatic heterocycles. The Labute approximate surface area is 161 Å². The van der Waals surface area contributed by atoms with E-state index in [9.17, 15) is 16.8 Å². The molecule has 0 amide bonds. The topological polar surface area (TPSA) is 122 Å². The zero-order valence-corrected chi connectivity index (χ0v) is 16.9. The summed E-state index contributed by atoms with van der Waals surface area (Å²) >= 11 is 16.6. The molecule has 1 heterocycles. The summed E-state index contributed by atoms with van der Waals surface area (Å²) in [7, 11) is -6.68. The number of aromatic nitrogens is 3. The van der Waals surface area contributed by atoms with Crippen LogP contribution in [0.25, 0.3) is 0 Å². The maximum atomic E-state index is 11.8. The smallest absolute Gasteiger partial charge is 0.245 e. The molecular formula is C11H17Cl3N5O4S2. The number of nitrogens with one attached hydrogen (secondary N) is 1. The molecule has 0 aliphatic carbocycles. The third kappa shape index (κ3) is 9.15. The molecule has 1 radical (unpaired) electrons. The van der Waals surface area contributed by atoms with Gasteiger partial charge in [0.15, 0.2) is 19.7 Å². The summed E-state index contributed by atoms with van der Waals surface area (Å²) < 4.78 is 47.0. The average molecular weight is 454 g/mol. The minimum Gasteiger partial charge on any atom is -0.275 e. The molecule has 143 valence electrons. The molecule has 0 bridgehead atoms. The lowest BCUT2D eigenvalue weighted by atomic mass is 10.6.